The normalized spacial score (nSPS) is 20.4. The van der Waals surface area contributed by atoms with E-state index < -0.39 is 0 Å². The maximum atomic E-state index is 6.04. The molecule has 1 aromatic rings. The maximum Gasteiger partial charge on any atom is 0.243 e. The third-order valence-electron chi connectivity index (χ3n) is 3.17. The second kappa shape index (κ2) is 4.75. The first kappa shape index (κ1) is 10.6. The van der Waals surface area contributed by atoms with E-state index in [4.69, 9.17) is 10.3 Å². The van der Waals surface area contributed by atoms with Gasteiger partial charge in [-0.25, -0.2) is 0 Å². The molecule has 1 aliphatic rings. The molecule has 0 saturated heterocycles. The molecule has 1 heterocycles. The molecule has 1 aromatic heterocycles. The summed E-state index contributed by atoms with van der Waals surface area (Å²) in [6.07, 6.45) is 7.68. The minimum atomic E-state index is -0.0747. The van der Waals surface area contributed by atoms with Crippen LogP contribution in [0.25, 0.3) is 0 Å². The fourth-order valence-electron chi connectivity index (χ4n) is 2.35. The Labute approximate surface area is 90.2 Å². The van der Waals surface area contributed by atoms with Gasteiger partial charge in [0.05, 0.1) is 6.04 Å². The lowest BCUT2D eigenvalue weighted by Crippen LogP contribution is -2.17. The standard InChI is InChI=1S/C11H19N3O/c1-8-13-11(15-14-8)10(12)7-9-5-3-2-4-6-9/h9-10H,2-7,12H2,1H3. The number of rotatable bonds is 3. The summed E-state index contributed by atoms with van der Waals surface area (Å²) in [5.74, 6) is 2.02. The number of nitrogens with zero attached hydrogens (tertiary/aromatic N) is 2. The topological polar surface area (TPSA) is 64.9 Å². The van der Waals surface area contributed by atoms with Gasteiger partial charge >= 0.3 is 0 Å². The van der Waals surface area contributed by atoms with Crippen molar-refractivity contribution >= 4 is 0 Å². The van der Waals surface area contributed by atoms with Crippen LogP contribution in [-0.2, 0) is 0 Å². The SMILES string of the molecule is Cc1noc(C(N)CC2CCCCC2)n1. The maximum absolute atomic E-state index is 6.04. The highest BCUT2D eigenvalue weighted by atomic mass is 16.5. The Morgan fingerprint density at radius 2 is 2.13 bits per heavy atom. The Morgan fingerprint density at radius 3 is 2.73 bits per heavy atom. The van der Waals surface area contributed by atoms with Crippen LogP contribution in [0.2, 0.25) is 0 Å². The molecule has 15 heavy (non-hydrogen) atoms. The van der Waals surface area contributed by atoms with E-state index in [0.29, 0.717) is 11.7 Å². The molecule has 1 fully saturated rings. The predicted octanol–water partition coefficient (Wildman–Crippen LogP) is 2.35. The van der Waals surface area contributed by atoms with Gasteiger partial charge in [-0.15, -0.1) is 0 Å². The quantitative estimate of drug-likeness (QED) is 0.829. The lowest BCUT2D eigenvalue weighted by molar-refractivity contribution is 0.283. The first-order chi connectivity index (χ1) is 7.25. The largest absolute Gasteiger partial charge is 0.338 e. The Bertz CT molecular complexity index is 305. The zero-order valence-corrected chi connectivity index (χ0v) is 9.28. The molecule has 0 bridgehead atoms. The van der Waals surface area contributed by atoms with E-state index in [0.717, 1.165) is 12.3 Å². The van der Waals surface area contributed by atoms with Crippen molar-refractivity contribution in [1.29, 1.82) is 0 Å². The lowest BCUT2D eigenvalue weighted by atomic mass is 9.85. The molecule has 0 radical (unpaired) electrons. The minimum absolute atomic E-state index is 0.0747. The van der Waals surface area contributed by atoms with Gasteiger partial charge in [0.1, 0.15) is 0 Å². The monoisotopic (exact) mass is 209 g/mol. The molecule has 1 saturated carbocycles. The van der Waals surface area contributed by atoms with E-state index >= 15 is 0 Å². The number of nitrogens with two attached hydrogens (primary N) is 1. The number of hydrogen-bond donors (Lipinski definition) is 1. The van der Waals surface area contributed by atoms with Gasteiger partial charge in [0.25, 0.3) is 0 Å². The molecular formula is C11H19N3O. The van der Waals surface area contributed by atoms with Crippen molar-refractivity contribution in [3.63, 3.8) is 0 Å². The van der Waals surface area contributed by atoms with Gasteiger partial charge in [0.15, 0.2) is 5.82 Å². The highest BCUT2D eigenvalue weighted by Crippen LogP contribution is 2.30. The highest BCUT2D eigenvalue weighted by molar-refractivity contribution is 4.90. The van der Waals surface area contributed by atoms with Crippen LogP contribution in [-0.4, -0.2) is 10.1 Å². The van der Waals surface area contributed by atoms with Crippen molar-refractivity contribution in [3.8, 4) is 0 Å². The summed E-state index contributed by atoms with van der Waals surface area (Å²) >= 11 is 0. The summed E-state index contributed by atoms with van der Waals surface area (Å²) in [6, 6.07) is -0.0747. The van der Waals surface area contributed by atoms with Crippen molar-refractivity contribution in [2.45, 2.75) is 51.5 Å². The fraction of sp³-hybridized carbons (Fsp3) is 0.818. The van der Waals surface area contributed by atoms with Gasteiger partial charge in [-0.2, -0.15) is 4.98 Å². The molecule has 1 unspecified atom stereocenters. The molecule has 0 amide bonds. The zero-order valence-electron chi connectivity index (χ0n) is 9.28. The molecule has 2 N–H and O–H groups in total. The van der Waals surface area contributed by atoms with Crippen molar-refractivity contribution in [2.75, 3.05) is 0 Å². The number of aryl methyl sites for hydroxylation is 1. The fourth-order valence-corrected chi connectivity index (χ4v) is 2.35. The summed E-state index contributed by atoms with van der Waals surface area (Å²) in [4.78, 5) is 4.17. The summed E-state index contributed by atoms with van der Waals surface area (Å²) < 4.78 is 5.08. The Morgan fingerprint density at radius 1 is 1.40 bits per heavy atom. The van der Waals surface area contributed by atoms with E-state index in [2.05, 4.69) is 10.1 Å². The van der Waals surface area contributed by atoms with Gasteiger partial charge in [-0.1, -0.05) is 37.3 Å². The molecule has 2 rings (SSSR count). The first-order valence-electron chi connectivity index (χ1n) is 5.81. The smallest absolute Gasteiger partial charge is 0.243 e. The molecule has 4 nitrogen and oxygen atoms in total. The van der Waals surface area contributed by atoms with E-state index in [9.17, 15) is 0 Å². The molecular weight excluding hydrogens is 190 g/mol. The van der Waals surface area contributed by atoms with Crippen molar-refractivity contribution in [2.24, 2.45) is 11.7 Å². The summed E-state index contributed by atoms with van der Waals surface area (Å²) in [6.45, 7) is 1.82. The van der Waals surface area contributed by atoms with Gasteiger partial charge < -0.3 is 10.3 Å². The van der Waals surface area contributed by atoms with Crippen LogP contribution in [0.4, 0.5) is 0 Å². The third-order valence-corrected chi connectivity index (χ3v) is 3.17. The van der Waals surface area contributed by atoms with Gasteiger partial charge in [0, 0.05) is 0 Å². The Kier molecular flexibility index (Phi) is 3.36. The third kappa shape index (κ3) is 2.78. The van der Waals surface area contributed by atoms with Crippen LogP contribution in [0.3, 0.4) is 0 Å². The first-order valence-corrected chi connectivity index (χ1v) is 5.81. The van der Waals surface area contributed by atoms with Gasteiger partial charge in [0.2, 0.25) is 5.89 Å². The summed E-state index contributed by atoms with van der Waals surface area (Å²) in [5, 5.41) is 3.76. The molecule has 0 aliphatic heterocycles. The lowest BCUT2D eigenvalue weighted by Gasteiger charge is -2.22. The molecule has 4 heteroatoms. The van der Waals surface area contributed by atoms with Crippen LogP contribution >= 0.6 is 0 Å². The van der Waals surface area contributed by atoms with E-state index in [1.54, 1.807) is 0 Å². The van der Waals surface area contributed by atoms with Gasteiger partial charge in [-0.3, -0.25) is 0 Å². The number of aromatic nitrogens is 2. The molecule has 84 valence electrons. The second-order valence-electron chi connectivity index (χ2n) is 4.53. The van der Waals surface area contributed by atoms with E-state index in [-0.39, 0.29) is 6.04 Å². The zero-order chi connectivity index (χ0) is 10.7. The Balaban J connectivity index is 1.88. The summed E-state index contributed by atoms with van der Waals surface area (Å²) in [7, 11) is 0. The van der Waals surface area contributed by atoms with Crippen LogP contribution in [0, 0.1) is 12.8 Å². The van der Waals surface area contributed by atoms with Crippen LogP contribution in [0.5, 0.6) is 0 Å². The average molecular weight is 209 g/mol. The van der Waals surface area contributed by atoms with Gasteiger partial charge in [-0.05, 0) is 19.3 Å². The molecule has 0 aromatic carbocycles. The molecule has 1 atom stereocenters. The van der Waals surface area contributed by atoms with Crippen molar-refractivity contribution in [3.05, 3.63) is 11.7 Å². The Hall–Kier alpha value is -0.900. The predicted molar refractivity (Wildman–Crippen MR) is 57.2 cm³/mol. The number of hydrogen-bond acceptors (Lipinski definition) is 4. The average Bonchev–Trinajstić information content (AvgIpc) is 2.66. The summed E-state index contributed by atoms with van der Waals surface area (Å²) in [5.41, 5.74) is 6.04. The molecule has 0 spiro atoms. The van der Waals surface area contributed by atoms with Crippen LogP contribution < -0.4 is 5.73 Å². The van der Waals surface area contributed by atoms with Crippen molar-refractivity contribution < 1.29 is 4.52 Å². The van der Waals surface area contributed by atoms with Crippen molar-refractivity contribution in [1.82, 2.24) is 10.1 Å². The van der Waals surface area contributed by atoms with E-state index in [1.165, 1.54) is 32.1 Å². The highest BCUT2D eigenvalue weighted by Gasteiger charge is 2.20. The molecule has 1 aliphatic carbocycles. The van der Waals surface area contributed by atoms with E-state index in [1.807, 2.05) is 6.92 Å². The van der Waals surface area contributed by atoms with Crippen LogP contribution in [0.1, 0.15) is 56.3 Å². The minimum Gasteiger partial charge on any atom is -0.338 e. The second-order valence-corrected chi connectivity index (χ2v) is 4.53. The van der Waals surface area contributed by atoms with Crippen LogP contribution in [0.15, 0.2) is 4.52 Å².